The summed E-state index contributed by atoms with van der Waals surface area (Å²) in [5, 5.41) is 15.7. The number of hydrogen-bond acceptors (Lipinski definition) is 6. The van der Waals surface area contributed by atoms with Crippen LogP contribution in [0.5, 0.6) is 5.75 Å². The van der Waals surface area contributed by atoms with Crippen LogP contribution in [0.3, 0.4) is 0 Å². The Bertz CT molecular complexity index is 1090. The second-order valence-electron chi connectivity index (χ2n) is 8.16. The SMILES string of the molecule is C=CC[C@@]1(C(=O)NC(C)C)N=C(c2ccc(OCCCO)cc2)O[C@@H]1c1ccccc1N=[N+]=[N-]. The van der Waals surface area contributed by atoms with E-state index in [9.17, 15) is 4.79 Å². The molecular formula is C25H29N5O4. The lowest BCUT2D eigenvalue weighted by molar-refractivity contribution is -0.129. The summed E-state index contributed by atoms with van der Waals surface area (Å²) in [5.41, 5.74) is 9.31. The van der Waals surface area contributed by atoms with Gasteiger partial charge in [0.25, 0.3) is 5.91 Å². The molecule has 0 aromatic heterocycles. The summed E-state index contributed by atoms with van der Waals surface area (Å²) in [6, 6.07) is 14.0. The van der Waals surface area contributed by atoms with E-state index in [1.54, 1.807) is 54.6 Å². The van der Waals surface area contributed by atoms with Crippen molar-refractivity contribution in [1.82, 2.24) is 5.32 Å². The highest BCUT2D eigenvalue weighted by Gasteiger charge is 2.53. The maximum absolute atomic E-state index is 13.5. The normalized spacial score (nSPS) is 19.1. The summed E-state index contributed by atoms with van der Waals surface area (Å²) in [6.45, 7) is 8.06. The van der Waals surface area contributed by atoms with Gasteiger partial charge < -0.3 is 19.9 Å². The van der Waals surface area contributed by atoms with Gasteiger partial charge in [0.1, 0.15) is 5.75 Å². The highest BCUT2D eigenvalue weighted by atomic mass is 16.5. The highest BCUT2D eigenvalue weighted by Crippen LogP contribution is 2.45. The Hall–Kier alpha value is -3.81. The molecule has 0 radical (unpaired) electrons. The summed E-state index contributed by atoms with van der Waals surface area (Å²) in [4.78, 5) is 21.2. The van der Waals surface area contributed by atoms with Gasteiger partial charge in [0.15, 0.2) is 11.6 Å². The number of ether oxygens (including phenoxy) is 2. The number of hydrogen-bond donors (Lipinski definition) is 2. The van der Waals surface area contributed by atoms with Crippen LogP contribution in [0.15, 0.2) is 71.3 Å². The molecule has 1 heterocycles. The maximum Gasteiger partial charge on any atom is 0.252 e. The van der Waals surface area contributed by atoms with Crippen LogP contribution in [-0.4, -0.2) is 41.7 Å². The van der Waals surface area contributed by atoms with Crippen molar-refractivity contribution in [2.45, 2.75) is 44.4 Å². The van der Waals surface area contributed by atoms with E-state index < -0.39 is 11.6 Å². The van der Waals surface area contributed by atoms with Gasteiger partial charge in [0.2, 0.25) is 5.90 Å². The molecular weight excluding hydrogens is 434 g/mol. The Labute approximate surface area is 198 Å². The van der Waals surface area contributed by atoms with E-state index in [1.807, 2.05) is 13.8 Å². The number of aliphatic imine (C=N–C) groups is 1. The van der Waals surface area contributed by atoms with E-state index in [2.05, 4.69) is 21.9 Å². The number of carbonyl (C=O) groups excluding carboxylic acids is 1. The van der Waals surface area contributed by atoms with E-state index in [-0.39, 0.29) is 25.0 Å². The number of nitrogens with zero attached hydrogens (tertiary/aromatic N) is 4. The first-order valence-corrected chi connectivity index (χ1v) is 11.1. The summed E-state index contributed by atoms with van der Waals surface area (Å²) >= 11 is 0. The monoisotopic (exact) mass is 463 g/mol. The van der Waals surface area contributed by atoms with Crippen LogP contribution in [0.4, 0.5) is 5.69 Å². The fourth-order valence-electron chi connectivity index (χ4n) is 3.75. The highest BCUT2D eigenvalue weighted by molar-refractivity contribution is 6.01. The minimum absolute atomic E-state index is 0.0608. The number of aliphatic hydroxyl groups is 1. The van der Waals surface area contributed by atoms with Crippen LogP contribution in [0.25, 0.3) is 10.4 Å². The molecule has 2 aromatic rings. The van der Waals surface area contributed by atoms with Crippen molar-refractivity contribution in [3.05, 3.63) is 82.8 Å². The van der Waals surface area contributed by atoms with Crippen molar-refractivity contribution in [1.29, 1.82) is 0 Å². The molecule has 34 heavy (non-hydrogen) atoms. The molecule has 1 amide bonds. The van der Waals surface area contributed by atoms with E-state index in [0.717, 1.165) is 0 Å². The maximum atomic E-state index is 13.5. The molecule has 9 heteroatoms. The van der Waals surface area contributed by atoms with Crippen LogP contribution in [0.1, 0.15) is 43.9 Å². The molecule has 0 bridgehead atoms. The topological polar surface area (TPSA) is 129 Å². The average Bonchev–Trinajstić information content (AvgIpc) is 3.21. The Balaban J connectivity index is 2.06. The quantitative estimate of drug-likeness (QED) is 0.164. The Kier molecular flexibility index (Phi) is 8.29. The molecule has 1 aliphatic rings. The number of amides is 1. The second kappa shape index (κ2) is 11.4. The molecule has 0 saturated carbocycles. The third-order valence-corrected chi connectivity index (χ3v) is 5.28. The minimum Gasteiger partial charge on any atom is -0.494 e. The van der Waals surface area contributed by atoms with Gasteiger partial charge in [0.05, 0.1) is 6.61 Å². The summed E-state index contributed by atoms with van der Waals surface area (Å²) in [6.07, 6.45) is 1.56. The lowest BCUT2D eigenvalue weighted by atomic mass is 9.83. The second-order valence-corrected chi connectivity index (χ2v) is 8.16. The largest absolute Gasteiger partial charge is 0.494 e. The number of rotatable bonds is 11. The van der Waals surface area contributed by atoms with E-state index in [1.165, 1.54) is 0 Å². The first-order chi connectivity index (χ1) is 16.4. The minimum atomic E-state index is -1.33. The van der Waals surface area contributed by atoms with Crippen molar-refractivity contribution < 1.29 is 19.4 Å². The molecule has 2 N–H and O–H groups in total. The molecule has 9 nitrogen and oxygen atoms in total. The smallest absolute Gasteiger partial charge is 0.252 e. The molecule has 3 rings (SSSR count). The van der Waals surface area contributed by atoms with Gasteiger partial charge in [-0.3, -0.25) is 4.79 Å². The molecule has 0 aliphatic carbocycles. The lowest BCUT2D eigenvalue weighted by Gasteiger charge is -2.31. The van der Waals surface area contributed by atoms with Gasteiger partial charge in [-0.1, -0.05) is 35.5 Å². The third kappa shape index (κ3) is 5.39. The van der Waals surface area contributed by atoms with Crippen LogP contribution < -0.4 is 10.1 Å². The van der Waals surface area contributed by atoms with E-state index >= 15 is 0 Å². The number of nitrogens with one attached hydrogen (secondary N) is 1. The standard InChI is InChI=1S/C25H29N5O4/c1-4-14-25(24(32)27-17(2)3)22(20-8-5-6-9-21(20)29-30-26)34-23(28-25)18-10-12-19(13-11-18)33-16-7-15-31/h4-6,8-13,17,22,31H,1,7,14-16H2,2-3H3,(H,27,32)/t22-,25-/m1/s1. The number of azide groups is 1. The van der Waals surface area contributed by atoms with Crippen molar-refractivity contribution >= 4 is 17.5 Å². The molecule has 2 atom stereocenters. The average molecular weight is 464 g/mol. The molecule has 0 spiro atoms. The number of carbonyl (C=O) groups is 1. The van der Waals surface area contributed by atoms with Crippen LogP contribution >= 0.6 is 0 Å². The molecule has 0 unspecified atom stereocenters. The number of benzene rings is 2. The third-order valence-electron chi connectivity index (χ3n) is 5.28. The molecule has 0 saturated heterocycles. The van der Waals surface area contributed by atoms with Gasteiger partial charge in [-0.15, -0.1) is 6.58 Å². The predicted octanol–water partition coefficient (Wildman–Crippen LogP) is 4.75. The fourth-order valence-corrected chi connectivity index (χ4v) is 3.75. The van der Waals surface area contributed by atoms with Crippen molar-refractivity contribution in [2.75, 3.05) is 13.2 Å². The van der Waals surface area contributed by atoms with Crippen LogP contribution in [-0.2, 0) is 9.53 Å². The zero-order valence-corrected chi connectivity index (χ0v) is 19.3. The molecule has 0 fully saturated rings. The Morgan fingerprint density at radius 2 is 2.09 bits per heavy atom. The van der Waals surface area contributed by atoms with Crippen LogP contribution in [0, 0.1) is 0 Å². The van der Waals surface area contributed by atoms with Gasteiger partial charge in [-0.2, -0.15) is 0 Å². The number of aliphatic hydroxyl groups excluding tert-OH is 1. The molecule has 178 valence electrons. The summed E-state index contributed by atoms with van der Waals surface area (Å²) in [7, 11) is 0. The Morgan fingerprint density at radius 1 is 1.35 bits per heavy atom. The van der Waals surface area contributed by atoms with Crippen molar-refractivity contribution in [3.63, 3.8) is 0 Å². The van der Waals surface area contributed by atoms with Crippen LogP contribution in [0.2, 0.25) is 0 Å². The molecule has 1 aliphatic heterocycles. The van der Waals surface area contributed by atoms with Crippen molar-refractivity contribution in [2.24, 2.45) is 10.1 Å². The zero-order valence-electron chi connectivity index (χ0n) is 19.3. The summed E-state index contributed by atoms with van der Waals surface area (Å²) < 4.78 is 11.9. The predicted molar refractivity (Wildman–Crippen MR) is 130 cm³/mol. The first kappa shape index (κ1) is 24.8. The zero-order chi connectivity index (χ0) is 24.6. The first-order valence-electron chi connectivity index (χ1n) is 11.1. The van der Waals surface area contributed by atoms with Gasteiger partial charge in [0, 0.05) is 47.2 Å². The lowest BCUT2D eigenvalue weighted by Crippen LogP contribution is -2.50. The summed E-state index contributed by atoms with van der Waals surface area (Å²) in [5.74, 6) is 0.640. The van der Waals surface area contributed by atoms with Gasteiger partial charge in [-0.05, 0) is 43.6 Å². The van der Waals surface area contributed by atoms with Crippen molar-refractivity contribution in [3.8, 4) is 5.75 Å². The van der Waals surface area contributed by atoms with Gasteiger partial charge in [-0.25, -0.2) is 4.99 Å². The van der Waals surface area contributed by atoms with Gasteiger partial charge >= 0.3 is 0 Å². The van der Waals surface area contributed by atoms with E-state index in [4.69, 9.17) is 25.1 Å². The van der Waals surface area contributed by atoms with E-state index in [0.29, 0.717) is 41.5 Å². The Morgan fingerprint density at radius 3 is 2.74 bits per heavy atom. The molecule has 2 aromatic carbocycles. The fraction of sp³-hybridized carbons (Fsp3) is 0.360.